The maximum Gasteiger partial charge on any atom is 0.0856 e. The average Bonchev–Trinajstić information content (AvgIpc) is 2.86. The Kier molecular flexibility index (Phi) is 4.99. The van der Waals surface area contributed by atoms with Gasteiger partial charge in [-0.3, -0.25) is 4.68 Å². The second-order valence-corrected chi connectivity index (χ2v) is 5.95. The van der Waals surface area contributed by atoms with E-state index < -0.39 is 6.10 Å². The molecule has 0 fully saturated rings. The molecule has 0 amide bonds. The van der Waals surface area contributed by atoms with Crippen molar-refractivity contribution in [2.24, 2.45) is 0 Å². The minimum absolute atomic E-state index is 0.405. The first-order chi connectivity index (χ1) is 9.11. The zero-order chi connectivity index (χ0) is 13.8. The third-order valence-electron chi connectivity index (χ3n) is 3.37. The first-order valence-corrected chi connectivity index (χ1v) is 7.66. The molecule has 2 atom stereocenters. The molecule has 0 aliphatic carbocycles. The molecule has 2 aromatic rings. The largest absolute Gasteiger partial charge is 0.388 e. The van der Waals surface area contributed by atoms with Gasteiger partial charge in [0.25, 0.3) is 0 Å². The molecule has 0 saturated carbocycles. The van der Waals surface area contributed by atoms with E-state index in [1.54, 1.807) is 0 Å². The molecule has 102 valence electrons. The molecule has 0 spiro atoms. The van der Waals surface area contributed by atoms with E-state index in [0.29, 0.717) is 12.5 Å². The third-order valence-corrected chi connectivity index (χ3v) is 4.36. The van der Waals surface area contributed by atoms with Crippen LogP contribution in [0.15, 0.2) is 36.5 Å². The average molecular weight is 370 g/mol. The van der Waals surface area contributed by atoms with Crippen molar-refractivity contribution in [3.05, 3.63) is 51.4 Å². The van der Waals surface area contributed by atoms with Crippen molar-refractivity contribution in [1.82, 2.24) is 9.78 Å². The molecule has 1 aromatic heterocycles. The van der Waals surface area contributed by atoms with E-state index in [2.05, 4.69) is 41.5 Å². The summed E-state index contributed by atoms with van der Waals surface area (Å²) in [7, 11) is 0. The lowest BCUT2D eigenvalue weighted by Crippen LogP contribution is -2.07. The fourth-order valence-corrected chi connectivity index (χ4v) is 2.72. The summed E-state index contributed by atoms with van der Waals surface area (Å²) < 4.78 is 3.06. The highest BCUT2D eigenvalue weighted by Gasteiger charge is 2.13. The topological polar surface area (TPSA) is 38.0 Å². The van der Waals surface area contributed by atoms with Crippen LogP contribution in [0.5, 0.6) is 0 Å². The van der Waals surface area contributed by atoms with Crippen LogP contribution in [0.1, 0.15) is 43.7 Å². The summed E-state index contributed by atoms with van der Waals surface area (Å²) in [5.74, 6) is 0. The van der Waals surface area contributed by atoms with Crippen molar-refractivity contribution >= 4 is 22.6 Å². The van der Waals surface area contributed by atoms with Gasteiger partial charge < -0.3 is 5.11 Å². The van der Waals surface area contributed by atoms with Crippen LogP contribution < -0.4 is 0 Å². The summed E-state index contributed by atoms with van der Waals surface area (Å²) in [6.07, 6.45) is 3.11. The van der Waals surface area contributed by atoms with Gasteiger partial charge in [-0.05, 0) is 53.6 Å². The van der Waals surface area contributed by atoms with Crippen LogP contribution in [-0.2, 0) is 6.42 Å². The van der Waals surface area contributed by atoms with Crippen molar-refractivity contribution in [1.29, 1.82) is 0 Å². The normalized spacial score (nSPS) is 14.3. The smallest absolute Gasteiger partial charge is 0.0856 e. The van der Waals surface area contributed by atoms with Gasteiger partial charge >= 0.3 is 0 Å². The van der Waals surface area contributed by atoms with Crippen molar-refractivity contribution in [2.45, 2.75) is 38.8 Å². The summed E-state index contributed by atoms with van der Waals surface area (Å²) in [4.78, 5) is 0. The maximum absolute atomic E-state index is 10.3. The highest BCUT2D eigenvalue weighted by molar-refractivity contribution is 14.1. The van der Waals surface area contributed by atoms with Gasteiger partial charge in [-0.1, -0.05) is 25.1 Å². The SMILES string of the molecule is CCC(C)n1ccc(CC(O)c2ccccc2I)n1. The van der Waals surface area contributed by atoms with Crippen molar-refractivity contribution in [3.63, 3.8) is 0 Å². The van der Waals surface area contributed by atoms with E-state index in [0.717, 1.165) is 21.2 Å². The Labute approximate surface area is 127 Å². The number of aliphatic hydroxyl groups excluding tert-OH is 1. The fourth-order valence-electron chi connectivity index (χ4n) is 1.97. The van der Waals surface area contributed by atoms with Crippen LogP contribution in [0.4, 0.5) is 0 Å². The Morgan fingerprint density at radius 2 is 2.05 bits per heavy atom. The summed E-state index contributed by atoms with van der Waals surface area (Å²) in [5.41, 5.74) is 1.91. The first-order valence-electron chi connectivity index (χ1n) is 6.58. The molecule has 1 heterocycles. The molecule has 0 saturated heterocycles. The van der Waals surface area contributed by atoms with E-state index in [9.17, 15) is 5.11 Å². The molecule has 0 radical (unpaired) electrons. The monoisotopic (exact) mass is 370 g/mol. The standard InChI is InChI=1S/C15H19IN2O/c1-3-11(2)18-9-8-12(17-18)10-15(19)13-6-4-5-7-14(13)16/h4-9,11,15,19H,3,10H2,1-2H3. The number of nitrogens with zero attached hydrogens (tertiary/aromatic N) is 2. The molecular weight excluding hydrogens is 351 g/mol. The Bertz CT molecular complexity index is 538. The number of aromatic nitrogens is 2. The van der Waals surface area contributed by atoms with Crippen LogP contribution in [0.2, 0.25) is 0 Å². The summed E-state index contributed by atoms with van der Waals surface area (Å²) in [6, 6.07) is 10.3. The summed E-state index contributed by atoms with van der Waals surface area (Å²) in [5, 5.41) is 14.8. The molecule has 19 heavy (non-hydrogen) atoms. The predicted octanol–water partition coefficient (Wildman–Crippen LogP) is 3.73. The number of aliphatic hydroxyl groups is 1. The lowest BCUT2D eigenvalue weighted by atomic mass is 10.1. The molecule has 2 rings (SSSR count). The van der Waals surface area contributed by atoms with Crippen LogP contribution >= 0.6 is 22.6 Å². The number of hydrogen-bond acceptors (Lipinski definition) is 2. The fraction of sp³-hybridized carbons (Fsp3) is 0.400. The molecule has 2 unspecified atom stereocenters. The van der Waals surface area contributed by atoms with Crippen LogP contribution in [-0.4, -0.2) is 14.9 Å². The molecule has 3 nitrogen and oxygen atoms in total. The molecule has 0 aliphatic rings. The Hall–Kier alpha value is -0.880. The van der Waals surface area contributed by atoms with E-state index in [-0.39, 0.29) is 0 Å². The van der Waals surface area contributed by atoms with E-state index in [4.69, 9.17) is 0 Å². The molecule has 4 heteroatoms. The van der Waals surface area contributed by atoms with Gasteiger partial charge in [-0.2, -0.15) is 5.10 Å². The first kappa shape index (κ1) is 14.5. The van der Waals surface area contributed by atoms with Crippen molar-refractivity contribution in [3.8, 4) is 0 Å². The number of rotatable bonds is 5. The van der Waals surface area contributed by atoms with Gasteiger partial charge in [0.15, 0.2) is 0 Å². The quantitative estimate of drug-likeness (QED) is 0.815. The van der Waals surface area contributed by atoms with Gasteiger partial charge in [0.1, 0.15) is 0 Å². The maximum atomic E-state index is 10.3. The Balaban J connectivity index is 2.09. The second kappa shape index (κ2) is 6.52. The minimum Gasteiger partial charge on any atom is -0.388 e. The predicted molar refractivity (Wildman–Crippen MR) is 85.1 cm³/mol. The molecule has 1 N–H and O–H groups in total. The lowest BCUT2D eigenvalue weighted by molar-refractivity contribution is 0.176. The Morgan fingerprint density at radius 3 is 2.74 bits per heavy atom. The minimum atomic E-state index is -0.492. The highest BCUT2D eigenvalue weighted by Crippen LogP contribution is 2.23. The van der Waals surface area contributed by atoms with Gasteiger partial charge in [0, 0.05) is 22.2 Å². The van der Waals surface area contributed by atoms with Gasteiger partial charge in [0.2, 0.25) is 0 Å². The van der Waals surface area contributed by atoms with E-state index in [1.165, 1.54) is 0 Å². The van der Waals surface area contributed by atoms with E-state index in [1.807, 2.05) is 41.2 Å². The molecular formula is C15H19IN2O. The van der Waals surface area contributed by atoms with Crippen molar-refractivity contribution in [2.75, 3.05) is 0 Å². The summed E-state index contributed by atoms with van der Waals surface area (Å²) >= 11 is 2.25. The highest BCUT2D eigenvalue weighted by atomic mass is 127. The zero-order valence-electron chi connectivity index (χ0n) is 11.3. The van der Waals surface area contributed by atoms with E-state index >= 15 is 0 Å². The van der Waals surface area contributed by atoms with Crippen LogP contribution in [0.3, 0.4) is 0 Å². The van der Waals surface area contributed by atoms with Gasteiger partial charge in [-0.15, -0.1) is 0 Å². The molecule has 0 bridgehead atoms. The molecule has 1 aromatic carbocycles. The number of halogens is 1. The third kappa shape index (κ3) is 3.57. The Morgan fingerprint density at radius 1 is 1.32 bits per heavy atom. The summed E-state index contributed by atoms with van der Waals surface area (Å²) in [6.45, 7) is 4.29. The lowest BCUT2D eigenvalue weighted by Gasteiger charge is -2.12. The van der Waals surface area contributed by atoms with Crippen LogP contribution in [0.25, 0.3) is 0 Å². The number of hydrogen-bond donors (Lipinski definition) is 1. The number of benzene rings is 1. The zero-order valence-corrected chi connectivity index (χ0v) is 13.4. The van der Waals surface area contributed by atoms with Gasteiger partial charge in [-0.25, -0.2) is 0 Å². The second-order valence-electron chi connectivity index (χ2n) is 4.79. The van der Waals surface area contributed by atoms with Crippen molar-refractivity contribution < 1.29 is 5.11 Å². The van der Waals surface area contributed by atoms with Crippen LogP contribution in [0, 0.1) is 3.57 Å². The van der Waals surface area contributed by atoms with Gasteiger partial charge in [0.05, 0.1) is 11.8 Å². The molecule has 0 aliphatic heterocycles.